The van der Waals surface area contributed by atoms with Crippen LogP contribution in [0.4, 0.5) is 5.69 Å². The number of hydrogen-bond acceptors (Lipinski definition) is 2. The van der Waals surface area contributed by atoms with Crippen molar-refractivity contribution in [1.29, 1.82) is 0 Å². The molecule has 24 heavy (non-hydrogen) atoms. The first-order valence-corrected chi connectivity index (χ1v) is 8.36. The molecule has 2 N–H and O–H groups in total. The van der Waals surface area contributed by atoms with Gasteiger partial charge in [-0.3, -0.25) is 4.79 Å². The minimum Gasteiger partial charge on any atom is -0.356 e. The van der Waals surface area contributed by atoms with Crippen molar-refractivity contribution in [2.45, 2.75) is 19.4 Å². The van der Waals surface area contributed by atoms with Crippen molar-refractivity contribution in [3.05, 3.63) is 65.7 Å². The van der Waals surface area contributed by atoms with Crippen LogP contribution in [0.15, 0.2) is 54.6 Å². The van der Waals surface area contributed by atoms with Crippen molar-refractivity contribution in [3.8, 4) is 0 Å². The van der Waals surface area contributed by atoms with Gasteiger partial charge in [-0.25, -0.2) is 0 Å². The van der Waals surface area contributed by atoms with E-state index >= 15 is 0 Å². The summed E-state index contributed by atoms with van der Waals surface area (Å²) in [5.74, 6) is -0.0163. The molecule has 0 aliphatic heterocycles. The molecule has 0 aromatic heterocycles. The van der Waals surface area contributed by atoms with Gasteiger partial charge in [0, 0.05) is 25.3 Å². The van der Waals surface area contributed by atoms with Gasteiger partial charge in [-0.2, -0.15) is 0 Å². The number of amides is 1. The van der Waals surface area contributed by atoms with Crippen LogP contribution in [0.25, 0.3) is 0 Å². The van der Waals surface area contributed by atoms with Crippen LogP contribution in [-0.4, -0.2) is 30.0 Å². The molecule has 2 aromatic carbocycles. The van der Waals surface area contributed by atoms with Crippen LogP contribution >= 0.6 is 12.2 Å². The number of anilines is 1. The maximum absolute atomic E-state index is 11.9. The number of thiocarbonyl (C=S) groups is 1. The Balaban J connectivity index is 1.98. The van der Waals surface area contributed by atoms with Crippen LogP contribution in [0.3, 0.4) is 0 Å². The average molecular weight is 341 g/mol. The molecule has 0 aliphatic rings. The molecular formula is C19H23N3OS. The summed E-state index contributed by atoms with van der Waals surface area (Å²) in [6, 6.07) is 17.7. The molecule has 126 valence electrons. The Hall–Kier alpha value is -2.40. The maximum Gasteiger partial charge on any atom is 0.253 e. The molecule has 0 saturated carbocycles. The predicted octanol–water partition coefficient (Wildman–Crippen LogP) is 3.83. The molecule has 0 heterocycles. The van der Waals surface area contributed by atoms with E-state index in [1.54, 1.807) is 31.1 Å². The summed E-state index contributed by atoms with van der Waals surface area (Å²) >= 11 is 5.41. The van der Waals surface area contributed by atoms with Crippen molar-refractivity contribution in [1.82, 2.24) is 10.2 Å². The van der Waals surface area contributed by atoms with E-state index in [1.165, 1.54) is 5.56 Å². The smallest absolute Gasteiger partial charge is 0.253 e. The number of rotatable bonds is 5. The van der Waals surface area contributed by atoms with Gasteiger partial charge in [0.2, 0.25) is 0 Å². The Morgan fingerprint density at radius 2 is 1.71 bits per heavy atom. The monoisotopic (exact) mass is 341 g/mol. The number of nitrogens with one attached hydrogen (secondary N) is 2. The third-order valence-corrected chi connectivity index (χ3v) is 3.93. The van der Waals surface area contributed by atoms with Crippen molar-refractivity contribution < 1.29 is 4.79 Å². The highest BCUT2D eigenvalue weighted by Gasteiger charge is 2.11. The Kier molecular flexibility index (Phi) is 6.32. The second-order valence-electron chi connectivity index (χ2n) is 5.75. The number of benzene rings is 2. The van der Waals surface area contributed by atoms with E-state index in [0.717, 1.165) is 12.1 Å². The van der Waals surface area contributed by atoms with Crippen LogP contribution < -0.4 is 10.6 Å². The van der Waals surface area contributed by atoms with Gasteiger partial charge in [-0.05, 0) is 48.5 Å². The van der Waals surface area contributed by atoms with E-state index in [4.69, 9.17) is 12.2 Å². The van der Waals surface area contributed by atoms with Gasteiger partial charge < -0.3 is 15.5 Å². The fourth-order valence-electron chi connectivity index (χ4n) is 2.39. The summed E-state index contributed by atoms with van der Waals surface area (Å²) in [7, 11) is 3.48. The molecule has 1 unspecified atom stereocenters. The Morgan fingerprint density at radius 3 is 2.25 bits per heavy atom. The molecule has 0 radical (unpaired) electrons. The lowest BCUT2D eigenvalue weighted by atomic mass is 10.1. The first kappa shape index (κ1) is 17.9. The third-order valence-electron chi connectivity index (χ3n) is 3.71. The van der Waals surface area contributed by atoms with Crippen LogP contribution in [-0.2, 0) is 0 Å². The largest absolute Gasteiger partial charge is 0.356 e. The summed E-state index contributed by atoms with van der Waals surface area (Å²) in [5.41, 5.74) is 2.71. The molecule has 2 rings (SSSR count). The zero-order valence-electron chi connectivity index (χ0n) is 14.2. The van der Waals surface area contributed by atoms with E-state index in [9.17, 15) is 4.79 Å². The lowest BCUT2D eigenvalue weighted by Crippen LogP contribution is -2.32. The van der Waals surface area contributed by atoms with Crippen molar-refractivity contribution in [2.75, 3.05) is 19.4 Å². The number of carbonyl (C=O) groups excluding carboxylic acids is 1. The quantitative estimate of drug-likeness (QED) is 0.812. The molecule has 0 saturated heterocycles. The highest BCUT2D eigenvalue weighted by atomic mass is 32.1. The molecule has 5 heteroatoms. The van der Waals surface area contributed by atoms with Crippen molar-refractivity contribution in [2.24, 2.45) is 0 Å². The standard InChI is InChI=1S/C19H23N3OS/c1-4-17(14-8-6-5-7-9-14)21-19(24)20-16-12-10-15(11-13-16)18(23)22(2)3/h5-13,17H,4H2,1-3H3,(H2,20,21,24). The highest BCUT2D eigenvalue weighted by molar-refractivity contribution is 7.80. The molecule has 0 spiro atoms. The van der Waals surface area contributed by atoms with E-state index in [-0.39, 0.29) is 11.9 Å². The highest BCUT2D eigenvalue weighted by Crippen LogP contribution is 2.17. The predicted molar refractivity (Wildman–Crippen MR) is 103 cm³/mol. The first-order chi connectivity index (χ1) is 11.5. The average Bonchev–Trinajstić information content (AvgIpc) is 2.60. The van der Waals surface area contributed by atoms with Gasteiger partial charge in [0.1, 0.15) is 0 Å². The van der Waals surface area contributed by atoms with Gasteiger partial charge in [-0.15, -0.1) is 0 Å². The first-order valence-electron chi connectivity index (χ1n) is 7.95. The second kappa shape index (κ2) is 8.45. The van der Waals surface area contributed by atoms with Crippen molar-refractivity contribution >= 4 is 28.9 Å². The topological polar surface area (TPSA) is 44.4 Å². The number of carbonyl (C=O) groups is 1. The van der Waals surface area contributed by atoms with Gasteiger partial charge in [0.25, 0.3) is 5.91 Å². The molecule has 0 bridgehead atoms. The Bertz CT molecular complexity index is 684. The lowest BCUT2D eigenvalue weighted by molar-refractivity contribution is 0.0827. The van der Waals surface area contributed by atoms with Crippen LogP contribution in [0.2, 0.25) is 0 Å². The van der Waals surface area contributed by atoms with E-state index < -0.39 is 0 Å². The molecular weight excluding hydrogens is 318 g/mol. The molecule has 1 atom stereocenters. The third kappa shape index (κ3) is 4.80. The molecule has 0 fully saturated rings. The second-order valence-corrected chi connectivity index (χ2v) is 6.16. The molecule has 0 aliphatic carbocycles. The van der Waals surface area contributed by atoms with Gasteiger partial charge in [0.05, 0.1) is 6.04 Å². The summed E-state index contributed by atoms with van der Waals surface area (Å²) in [6.45, 7) is 2.12. The number of hydrogen-bond donors (Lipinski definition) is 2. The SMILES string of the molecule is CCC(NC(=S)Nc1ccc(C(=O)N(C)C)cc1)c1ccccc1. The summed E-state index contributed by atoms with van der Waals surface area (Å²) in [5, 5.41) is 7.07. The fourth-order valence-corrected chi connectivity index (χ4v) is 2.65. The lowest BCUT2D eigenvalue weighted by Gasteiger charge is -2.20. The van der Waals surface area contributed by atoms with E-state index in [0.29, 0.717) is 10.7 Å². The van der Waals surface area contributed by atoms with Gasteiger partial charge >= 0.3 is 0 Å². The van der Waals surface area contributed by atoms with E-state index in [1.807, 2.05) is 30.3 Å². The zero-order chi connectivity index (χ0) is 17.5. The minimum absolute atomic E-state index is 0.0163. The summed E-state index contributed by atoms with van der Waals surface area (Å²) in [4.78, 5) is 13.4. The fraction of sp³-hybridized carbons (Fsp3) is 0.263. The maximum atomic E-state index is 11.9. The molecule has 2 aromatic rings. The van der Waals surface area contributed by atoms with Crippen molar-refractivity contribution in [3.63, 3.8) is 0 Å². The number of nitrogens with zero attached hydrogens (tertiary/aromatic N) is 1. The van der Waals surface area contributed by atoms with E-state index in [2.05, 4.69) is 29.7 Å². The van der Waals surface area contributed by atoms with Gasteiger partial charge in [0.15, 0.2) is 5.11 Å². The molecule has 1 amide bonds. The Morgan fingerprint density at radius 1 is 1.08 bits per heavy atom. The van der Waals surface area contributed by atoms with Gasteiger partial charge in [-0.1, -0.05) is 37.3 Å². The van der Waals surface area contributed by atoms with Crippen LogP contribution in [0.5, 0.6) is 0 Å². The summed E-state index contributed by atoms with van der Waals surface area (Å²) < 4.78 is 0. The zero-order valence-corrected chi connectivity index (χ0v) is 15.1. The van der Waals surface area contributed by atoms with Crippen LogP contribution in [0.1, 0.15) is 35.3 Å². The Labute approximate surface area is 148 Å². The minimum atomic E-state index is -0.0163. The summed E-state index contributed by atoms with van der Waals surface area (Å²) in [6.07, 6.45) is 0.933. The van der Waals surface area contributed by atoms with Crippen LogP contribution in [0, 0.1) is 0 Å². The molecule has 4 nitrogen and oxygen atoms in total. The normalized spacial score (nSPS) is 11.5.